The Balaban J connectivity index is 1.94. The summed E-state index contributed by atoms with van der Waals surface area (Å²) in [5, 5.41) is 4.50. The average molecular weight is 281 g/mol. The van der Waals surface area contributed by atoms with Gasteiger partial charge in [0.15, 0.2) is 0 Å². The third kappa shape index (κ3) is 4.39. The normalized spacial score (nSPS) is 21.1. The van der Waals surface area contributed by atoms with Crippen LogP contribution in [0, 0.1) is 6.92 Å². The van der Waals surface area contributed by atoms with Crippen LogP contribution in [0.15, 0.2) is 18.2 Å². The lowest BCUT2D eigenvalue weighted by Gasteiger charge is -2.21. The molecule has 0 radical (unpaired) electrons. The number of halogens is 1. The van der Waals surface area contributed by atoms with Crippen LogP contribution in [0.1, 0.15) is 38.2 Å². The summed E-state index contributed by atoms with van der Waals surface area (Å²) in [6.07, 6.45) is 5.03. The Hall–Kier alpha value is -0.730. The van der Waals surface area contributed by atoms with Crippen molar-refractivity contribution in [3.05, 3.63) is 28.8 Å². The molecule has 3 heteroatoms. The molecule has 1 aromatic rings. The van der Waals surface area contributed by atoms with Gasteiger partial charge in [-0.1, -0.05) is 24.6 Å². The molecule has 0 bridgehead atoms. The van der Waals surface area contributed by atoms with Crippen molar-refractivity contribution in [2.45, 2.75) is 45.6 Å². The predicted molar refractivity (Wildman–Crippen MR) is 84.2 cm³/mol. The maximum Gasteiger partial charge on any atom is 0.0426 e. The van der Waals surface area contributed by atoms with Crippen LogP contribution in [0.25, 0.3) is 0 Å². The first-order chi connectivity index (χ1) is 9.19. The minimum absolute atomic E-state index is 0.582. The van der Waals surface area contributed by atoms with Gasteiger partial charge in [0.2, 0.25) is 0 Å². The minimum Gasteiger partial charge on any atom is -0.382 e. The van der Waals surface area contributed by atoms with E-state index in [0.29, 0.717) is 6.04 Å². The van der Waals surface area contributed by atoms with Crippen LogP contribution < -0.4 is 5.32 Å². The molecule has 1 saturated heterocycles. The van der Waals surface area contributed by atoms with E-state index < -0.39 is 0 Å². The topological polar surface area (TPSA) is 15.3 Å². The van der Waals surface area contributed by atoms with Gasteiger partial charge in [-0.3, -0.25) is 0 Å². The summed E-state index contributed by atoms with van der Waals surface area (Å²) in [7, 11) is 0. The quantitative estimate of drug-likeness (QED) is 0.883. The molecule has 0 aromatic heterocycles. The van der Waals surface area contributed by atoms with Crippen molar-refractivity contribution in [1.29, 1.82) is 0 Å². The van der Waals surface area contributed by atoms with Crippen LogP contribution in [-0.2, 0) is 0 Å². The standard InChI is InChI=1S/C16H25ClN2/c1-3-9-19-10-4-5-15(8-11-19)18-16-12-14(17)7-6-13(16)2/h6-7,12,15,18H,3-5,8-11H2,1-2H3. The SMILES string of the molecule is CCCN1CCCC(Nc2cc(Cl)ccc2C)CC1. The highest BCUT2D eigenvalue weighted by molar-refractivity contribution is 6.30. The van der Waals surface area contributed by atoms with Gasteiger partial charge in [-0.05, 0) is 63.4 Å². The summed E-state index contributed by atoms with van der Waals surface area (Å²) < 4.78 is 0. The highest BCUT2D eigenvalue weighted by Crippen LogP contribution is 2.23. The van der Waals surface area contributed by atoms with Crippen LogP contribution in [0.3, 0.4) is 0 Å². The van der Waals surface area contributed by atoms with E-state index in [2.05, 4.69) is 30.1 Å². The van der Waals surface area contributed by atoms with Gasteiger partial charge in [-0.15, -0.1) is 0 Å². The maximum absolute atomic E-state index is 6.08. The van der Waals surface area contributed by atoms with E-state index in [0.717, 1.165) is 5.02 Å². The summed E-state index contributed by atoms with van der Waals surface area (Å²) in [4.78, 5) is 2.59. The fourth-order valence-electron chi connectivity index (χ4n) is 2.81. The van der Waals surface area contributed by atoms with Gasteiger partial charge in [0, 0.05) is 23.3 Å². The Morgan fingerprint density at radius 3 is 2.95 bits per heavy atom. The van der Waals surface area contributed by atoms with E-state index in [-0.39, 0.29) is 0 Å². The van der Waals surface area contributed by atoms with Crippen LogP contribution in [0.2, 0.25) is 5.02 Å². The lowest BCUT2D eigenvalue weighted by atomic mass is 10.1. The first-order valence-corrected chi connectivity index (χ1v) is 7.82. The molecule has 106 valence electrons. The molecule has 1 N–H and O–H groups in total. The monoisotopic (exact) mass is 280 g/mol. The first kappa shape index (κ1) is 14.7. The van der Waals surface area contributed by atoms with Crippen LogP contribution in [0.5, 0.6) is 0 Å². The van der Waals surface area contributed by atoms with Gasteiger partial charge in [0.25, 0.3) is 0 Å². The largest absolute Gasteiger partial charge is 0.382 e. The fourth-order valence-corrected chi connectivity index (χ4v) is 2.98. The second-order valence-corrected chi connectivity index (χ2v) is 6.01. The number of hydrogen-bond acceptors (Lipinski definition) is 2. The molecule has 19 heavy (non-hydrogen) atoms. The molecule has 0 amide bonds. The Labute approximate surface area is 122 Å². The molecule has 1 atom stereocenters. The van der Waals surface area contributed by atoms with Crippen molar-refractivity contribution in [2.24, 2.45) is 0 Å². The number of anilines is 1. The second kappa shape index (κ2) is 7.16. The Morgan fingerprint density at radius 2 is 2.16 bits per heavy atom. The molecule has 1 aromatic carbocycles. The second-order valence-electron chi connectivity index (χ2n) is 5.57. The zero-order valence-corrected chi connectivity index (χ0v) is 12.8. The number of benzene rings is 1. The average Bonchev–Trinajstić information content (AvgIpc) is 2.60. The number of nitrogens with one attached hydrogen (secondary N) is 1. The number of likely N-dealkylation sites (tertiary alicyclic amines) is 1. The van der Waals surface area contributed by atoms with E-state index in [9.17, 15) is 0 Å². The van der Waals surface area contributed by atoms with E-state index in [1.165, 1.54) is 56.6 Å². The molecular formula is C16H25ClN2. The summed E-state index contributed by atoms with van der Waals surface area (Å²) in [5.41, 5.74) is 2.47. The van der Waals surface area contributed by atoms with Crippen molar-refractivity contribution in [2.75, 3.05) is 25.0 Å². The molecule has 1 unspecified atom stereocenters. The van der Waals surface area contributed by atoms with Crippen molar-refractivity contribution in [3.8, 4) is 0 Å². The Morgan fingerprint density at radius 1 is 1.32 bits per heavy atom. The Kier molecular flexibility index (Phi) is 5.53. The van der Waals surface area contributed by atoms with E-state index >= 15 is 0 Å². The summed E-state index contributed by atoms with van der Waals surface area (Å²) in [5.74, 6) is 0. The number of hydrogen-bond donors (Lipinski definition) is 1. The van der Waals surface area contributed by atoms with E-state index in [1.54, 1.807) is 0 Å². The summed E-state index contributed by atoms with van der Waals surface area (Å²) >= 11 is 6.08. The number of aryl methyl sites for hydroxylation is 1. The molecule has 1 fully saturated rings. The van der Waals surface area contributed by atoms with Gasteiger partial charge >= 0.3 is 0 Å². The summed E-state index contributed by atoms with van der Waals surface area (Å²) in [6.45, 7) is 8.10. The molecule has 0 aliphatic carbocycles. The fraction of sp³-hybridized carbons (Fsp3) is 0.625. The molecule has 0 saturated carbocycles. The number of nitrogens with zero attached hydrogens (tertiary/aromatic N) is 1. The summed E-state index contributed by atoms with van der Waals surface area (Å²) in [6, 6.07) is 6.67. The maximum atomic E-state index is 6.08. The molecule has 0 spiro atoms. The lowest BCUT2D eigenvalue weighted by molar-refractivity contribution is 0.285. The van der Waals surface area contributed by atoms with Crippen LogP contribution >= 0.6 is 11.6 Å². The highest BCUT2D eigenvalue weighted by atomic mass is 35.5. The van der Waals surface area contributed by atoms with Gasteiger partial charge in [-0.25, -0.2) is 0 Å². The van der Waals surface area contributed by atoms with E-state index in [4.69, 9.17) is 11.6 Å². The molecule has 2 rings (SSSR count). The zero-order chi connectivity index (χ0) is 13.7. The number of rotatable bonds is 4. The smallest absolute Gasteiger partial charge is 0.0426 e. The van der Waals surface area contributed by atoms with Crippen molar-refractivity contribution >= 4 is 17.3 Å². The highest BCUT2D eigenvalue weighted by Gasteiger charge is 2.16. The first-order valence-electron chi connectivity index (χ1n) is 7.44. The van der Waals surface area contributed by atoms with Crippen LogP contribution in [-0.4, -0.2) is 30.6 Å². The van der Waals surface area contributed by atoms with Crippen molar-refractivity contribution in [1.82, 2.24) is 4.90 Å². The van der Waals surface area contributed by atoms with Crippen LogP contribution in [0.4, 0.5) is 5.69 Å². The van der Waals surface area contributed by atoms with Crippen molar-refractivity contribution in [3.63, 3.8) is 0 Å². The van der Waals surface area contributed by atoms with Crippen molar-refractivity contribution < 1.29 is 0 Å². The van der Waals surface area contributed by atoms with Gasteiger partial charge in [-0.2, -0.15) is 0 Å². The molecule has 1 aliphatic heterocycles. The predicted octanol–water partition coefficient (Wildman–Crippen LogP) is 4.32. The lowest BCUT2D eigenvalue weighted by Crippen LogP contribution is -2.27. The minimum atomic E-state index is 0.582. The van der Waals surface area contributed by atoms with Gasteiger partial charge < -0.3 is 10.2 Å². The third-order valence-corrected chi connectivity index (χ3v) is 4.15. The molecular weight excluding hydrogens is 256 g/mol. The zero-order valence-electron chi connectivity index (χ0n) is 12.1. The van der Waals surface area contributed by atoms with E-state index in [1.807, 2.05) is 12.1 Å². The Bertz CT molecular complexity index is 406. The third-order valence-electron chi connectivity index (χ3n) is 3.92. The molecule has 2 nitrogen and oxygen atoms in total. The van der Waals surface area contributed by atoms with Gasteiger partial charge in [0.05, 0.1) is 0 Å². The molecule has 1 aliphatic rings. The molecule has 1 heterocycles. The van der Waals surface area contributed by atoms with Gasteiger partial charge in [0.1, 0.15) is 0 Å².